The minimum Gasteiger partial charge on any atom is -0.388 e. The van der Waals surface area contributed by atoms with Crippen molar-refractivity contribution in [2.24, 2.45) is 5.73 Å². The predicted molar refractivity (Wildman–Crippen MR) is 60.9 cm³/mol. The van der Waals surface area contributed by atoms with Crippen molar-refractivity contribution in [1.29, 1.82) is 0 Å². The zero-order chi connectivity index (χ0) is 12.0. The molecule has 0 bridgehead atoms. The Hall–Kier alpha value is -0.650. The van der Waals surface area contributed by atoms with Gasteiger partial charge < -0.3 is 20.9 Å². The molecule has 1 amide bonds. The van der Waals surface area contributed by atoms with Gasteiger partial charge >= 0.3 is 0 Å². The van der Waals surface area contributed by atoms with Gasteiger partial charge in [-0.3, -0.25) is 4.79 Å². The lowest BCUT2D eigenvalue weighted by atomic mass is 10.0. The average molecular weight is 230 g/mol. The maximum atomic E-state index is 11.5. The highest BCUT2D eigenvalue weighted by Crippen LogP contribution is 2.28. The molecule has 1 unspecified atom stereocenters. The molecule has 16 heavy (non-hydrogen) atoms. The number of methoxy groups -OCH3 is 1. The number of aliphatic hydroxyl groups is 1. The van der Waals surface area contributed by atoms with E-state index in [1.165, 1.54) is 0 Å². The fourth-order valence-electron chi connectivity index (χ4n) is 1.97. The van der Waals surface area contributed by atoms with Crippen LogP contribution in [0.4, 0.5) is 0 Å². The molecule has 1 rings (SSSR count). The number of nitrogens with two attached hydrogens (primary N) is 1. The minimum absolute atomic E-state index is 0.211. The summed E-state index contributed by atoms with van der Waals surface area (Å²) in [4.78, 5) is 11.5. The van der Waals surface area contributed by atoms with Crippen molar-refractivity contribution >= 4 is 5.91 Å². The van der Waals surface area contributed by atoms with Crippen molar-refractivity contribution in [2.75, 3.05) is 20.3 Å². The van der Waals surface area contributed by atoms with E-state index in [4.69, 9.17) is 10.5 Å². The molecule has 0 spiro atoms. The summed E-state index contributed by atoms with van der Waals surface area (Å²) in [6.07, 6.45) is 4.09. The van der Waals surface area contributed by atoms with Crippen molar-refractivity contribution in [3.8, 4) is 0 Å². The monoisotopic (exact) mass is 230 g/mol. The third-order valence-corrected chi connectivity index (χ3v) is 3.10. The molecule has 0 heterocycles. The molecule has 4 N–H and O–H groups in total. The molecule has 5 heteroatoms. The summed E-state index contributed by atoms with van der Waals surface area (Å²) in [6, 6.07) is -0.551. The van der Waals surface area contributed by atoms with E-state index < -0.39 is 11.6 Å². The van der Waals surface area contributed by atoms with Gasteiger partial charge in [0.2, 0.25) is 5.91 Å². The second kappa shape index (κ2) is 6.18. The third kappa shape index (κ3) is 4.08. The standard InChI is InChI=1S/C11H22N2O3/c1-16-7-4-9(12)10(14)13-8-11(15)5-2-3-6-11/h9,15H,2-8,12H2,1H3,(H,13,14). The second-order valence-corrected chi connectivity index (χ2v) is 4.54. The van der Waals surface area contributed by atoms with E-state index in [9.17, 15) is 9.90 Å². The highest BCUT2D eigenvalue weighted by atomic mass is 16.5. The Morgan fingerprint density at radius 2 is 2.19 bits per heavy atom. The van der Waals surface area contributed by atoms with Gasteiger partial charge in [-0.1, -0.05) is 12.8 Å². The van der Waals surface area contributed by atoms with Crippen molar-refractivity contribution in [1.82, 2.24) is 5.32 Å². The van der Waals surface area contributed by atoms with E-state index >= 15 is 0 Å². The first-order chi connectivity index (χ1) is 7.57. The van der Waals surface area contributed by atoms with Crippen LogP contribution in [0.25, 0.3) is 0 Å². The first kappa shape index (κ1) is 13.4. The quantitative estimate of drug-likeness (QED) is 0.588. The van der Waals surface area contributed by atoms with Crippen LogP contribution in [0, 0.1) is 0 Å². The Bertz CT molecular complexity index is 227. The lowest BCUT2D eigenvalue weighted by Crippen LogP contribution is -2.47. The highest BCUT2D eigenvalue weighted by Gasteiger charge is 2.31. The van der Waals surface area contributed by atoms with Crippen LogP contribution in [0.15, 0.2) is 0 Å². The third-order valence-electron chi connectivity index (χ3n) is 3.10. The van der Waals surface area contributed by atoms with E-state index in [1.54, 1.807) is 7.11 Å². The first-order valence-electron chi connectivity index (χ1n) is 5.82. The molecule has 1 atom stereocenters. The van der Waals surface area contributed by atoms with Crippen LogP contribution >= 0.6 is 0 Å². The molecular weight excluding hydrogens is 208 g/mol. The maximum Gasteiger partial charge on any atom is 0.237 e. The van der Waals surface area contributed by atoms with Crippen LogP contribution in [0.2, 0.25) is 0 Å². The lowest BCUT2D eigenvalue weighted by Gasteiger charge is -2.23. The molecule has 1 aliphatic carbocycles. The topological polar surface area (TPSA) is 84.6 Å². The fourth-order valence-corrected chi connectivity index (χ4v) is 1.97. The van der Waals surface area contributed by atoms with Gasteiger partial charge in [0.1, 0.15) is 0 Å². The van der Waals surface area contributed by atoms with Gasteiger partial charge in [0.05, 0.1) is 11.6 Å². The largest absolute Gasteiger partial charge is 0.388 e. The summed E-state index contributed by atoms with van der Waals surface area (Å²) >= 11 is 0. The van der Waals surface area contributed by atoms with Crippen LogP contribution in [0.3, 0.4) is 0 Å². The molecule has 0 radical (unpaired) electrons. The zero-order valence-electron chi connectivity index (χ0n) is 9.87. The summed E-state index contributed by atoms with van der Waals surface area (Å²) < 4.78 is 4.85. The molecular formula is C11H22N2O3. The number of rotatable bonds is 6. The molecule has 0 aromatic carbocycles. The van der Waals surface area contributed by atoms with Crippen molar-refractivity contribution in [2.45, 2.75) is 43.7 Å². The molecule has 1 fully saturated rings. The van der Waals surface area contributed by atoms with Crippen molar-refractivity contribution < 1.29 is 14.6 Å². The van der Waals surface area contributed by atoms with E-state index in [0.29, 0.717) is 19.6 Å². The first-order valence-corrected chi connectivity index (χ1v) is 5.82. The zero-order valence-corrected chi connectivity index (χ0v) is 9.87. The molecule has 5 nitrogen and oxygen atoms in total. The van der Waals surface area contributed by atoms with Crippen LogP contribution in [-0.4, -0.2) is 42.9 Å². The minimum atomic E-state index is -0.712. The maximum absolute atomic E-state index is 11.5. The molecule has 1 aliphatic rings. The average Bonchev–Trinajstić information content (AvgIpc) is 2.70. The van der Waals surface area contributed by atoms with E-state index in [0.717, 1.165) is 25.7 Å². The van der Waals surface area contributed by atoms with E-state index in [2.05, 4.69) is 5.32 Å². The molecule has 1 saturated carbocycles. The Balaban J connectivity index is 2.23. The van der Waals surface area contributed by atoms with Gasteiger partial charge in [-0.05, 0) is 19.3 Å². The Morgan fingerprint density at radius 1 is 1.56 bits per heavy atom. The van der Waals surface area contributed by atoms with Gasteiger partial charge in [-0.25, -0.2) is 0 Å². The van der Waals surface area contributed by atoms with Gasteiger partial charge in [0.25, 0.3) is 0 Å². The fraction of sp³-hybridized carbons (Fsp3) is 0.909. The highest BCUT2D eigenvalue weighted by molar-refractivity contribution is 5.81. The number of carbonyl (C=O) groups excluding carboxylic acids is 1. The summed E-state index contributed by atoms with van der Waals surface area (Å²) in [6.45, 7) is 0.783. The van der Waals surface area contributed by atoms with Gasteiger partial charge in [-0.2, -0.15) is 0 Å². The number of carbonyl (C=O) groups is 1. The lowest BCUT2D eigenvalue weighted by molar-refractivity contribution is -0.124. The van der Waals surface area contributed by atoms with Crippen molar-refractivity contribution in [3.63, 3.8) is 0 Å². The Labute approximate surface area is 96.3 Å². The van der Waals surface area contributed by atoms with Gasteiger partial charge in [0, 0.05) is 20.3 Å². The Kier molecular flexibility index (Phi) is 5.18. The smallest absolute Gasteiger partial charge is 0.237 e. The number of nitrogens with one attached hydrogen (secondary N) is 1. The molecule has 94 valence electrons. The normalized spacial score (nSPS) is 20.7. The van der Waals surface area contributed by atoms with E-state index in [-0.39, 0.29) is 5.91 Å². The van der Waals surface area contributed by atoms with E-state index in [1.807, 2.05) is 0 Å². The SMILES string of the molecule is COCCC(N)C(=O)NCC1(O)CCCC1. The molecule has 0 aromatic heterocycles. The summed E-state index contributed by atoms with van der Waals surface area (Å²) in [5.74, 6) is -0.211. The molecule has 0 saturated heterocycles. The van der Waals surface area contributed by atoms with Crippen LogP contribution < -0.4 is 11.1 Å². The second-order valence-electron chi connectivity index (χ2n) is 4.54. The number of ether oxygens (including phenoxy) is 1. The summed E-state index contributed by atoms with van der Waals surface area (Å²) in [5, 5.41) is 12.7. The Morgan fingerprint density at radius 3 is 2.75 bits per heavy atom. The number of hydrogen-bond donors (Lipinski definition) is 3. The van der Waals surface area contributed by atoms with Crippen molar-refractivity contribution in [3.05, 3.63) is 0 Å². The molecule has 0 aromatic rings. The van der Waals surface area contributed by atoms with Crippen LogP contribution in [-0.2, 0) is 9.53 Å². The summed E-state index contributed by atoms with van der Waals surface area (Å²) in [7, 11) is 1.58. The summed E-state index contributed by atoms with van der Waals surface area (Å²) in [5.41, 5.74) is 4.95. The predicted octanol–water partition coefficient (Wildman–Crippen LogP) is -0.228. The van der Waals surface area contributed by atoms with Crippen LogP contribution in [0.1, 0.15) is 32.1 Å². The number of hydrogen-bond acceptors (Lipinski definition) is 4. The van der Waals surface area contributed by atoms with Crippen LogP contribution in [0.5, 0.6) is 0 Å². The number of amides is 1. The molecule has 0 aliphatic heterocycles. The van der Waals surface area contributed by atoms with Gasteiger partial charge in [0.15, 0.2) is 0 Å². The van der Waals surface area contributed by atoms with Gasteiger partial charge in [-0.15, -0.1) is 0 Å².